The van der Waals surface area contributed by atoms with Gasteiger partial charge in [0.05, 0.1) is 11.9 Å². The summed E-state index contributed by atoms with van der Waals surface area (Å²) in [6.07, 6.45) is 1.75. The summed E-state index contributed by atoms with van der Waals surface area (Å²) in [6.45, 7) is 6.28. The highest BCUT2D eigenvalue weighted by molar-refractivity contribution is 5.81. The van der Waals surface area contributed by atoms with Gasteiger partial charge in [-0.3, -0.25) is 5.43 Å². The summed E-state index contributed by atoms with van der Waals surface area (Å²) in [5, 5.41) is 4.15. The summed E-state index contributed by atoms with van der Waals surface area (Å²) in [6, 6.07) is 14.3. The van der Waals surface area contributed by atoms with E-state index in [2.05, 4.69) is 41.4 Å². The largest absolute Gasteiger partial charge is 0.372 e. The molecule has 1 N–H and O–H groups in total. The van der Waals surface area contributed by atoms with Crippen molar-refractivity contribution in [1.82, 2.24) is 0 Å². The third-order valence-electron chi connectivity index (χ3n) is 3.27. The van der Waals surface area contributed by atoms with Crippen LogP contribution in [0.5, 0.6) is 0 Å². The molecular formula is C17H20FN3. The number of halogens is 1. The Balaban J connectivity index is 1.96. The summed E-state index contributed by atoms with van der Waals surface area (Å²) in [5.74, 6) is -0.253. The lowest BCUT2D eigenvalue weighted by atomic mass is 10.2. The Labute approximate surface area is 125 Å². The molecule has 2 aromatic rings. The molecule has 3 nitrogen and oxygen atoms in total. The van der Waals surface area contributed by atoms with Crippen molar-refractivity contribution in [2.45, 2.75) is 13.8 Å². The fraction of sp³-hybridized carbons (Fsp3) is 0.235. The zero-order valence-corrected chi connectivity index (χ0v) is 12.4. The molecule has 0 bridgehead atoms. The van der Waals surface area contributed by atoms with Crippen molar-refractivity contribution in [1.29, 1.82) is 0 Å². The van der Waals surface area contributed by atoms with Gasteiger partial charge in [-0.1, -0.05) is 12.1 Å². The van der Waals surface area contributed by atoms with Crippen LogP contribution in [0.3, 0.4) is 0 Å². The highest BCUT2D eigenvalue weighted by Crippen LogP contribution is 2.14. The van der Waals surface area contributed by atoms with Gasteiger partial charge < -0.3 is 4.90 Å². The second-order valence-electron chi connectivity index (χ2n) is 4.64. The number of hydrogen-bond acceptors (Lipinski definition) is 3. The van der Waals surface area contributed by atoms with Crippen LogP contribution in [0.2, 0.25) is 0 Å². The second-order valence-corrected chi connectivity index (χ2v) is 4.64. The summed E-state index contributed by atoms with van der Waals surface area (Å²) in [7, 11) is 0. The zero-order valence-electron chi connectivity index (χ0n) is 12.4. The maximum Gasteiger partial charge on any atom is 0.123 e. The molecule has 4 heteroatoms. The van der Waals surface area contributed by atoms with Gasteiger partial charge in [0.1, 0.15) is 5.82 Å². The monoisotopic (exact) mass is 285 g/mol. The highest BCUT2D eigenvalue weighted by Gasteiger charge is 2.00. The van der Waals surface area contributed by atoms with Crippen molar-refractivity contribution in [3.8, 4) is 0 Å². The number of nitrogens with one attached hydrogen (secondary N) is 1. The quantitative estimate of drug-likeness (QED) is 0.638. The number of hydrazone groups is 1. The molecule has 0 saturated carbocycles. The molecule has 0 amide bonds. The molecule has 0 heterocycles. The lowest BCUT2D eigenvalue weighted by Crippen LogP contribution is -2.21. The molecule has 0 aliphatic heterocycles. The predicted molar refractivity (Wildman–Crippen MR) is 87.6 cm³/mol. The van der Waals surface area contributed by atoms with Gasteiger partial charge in [-0.25, -0.2) is 4.39 Å². The smallest absolute Gasteiger partial charge is 0.123 e. The van der Waals surface area contributed by atoms with E-state index < -0.39 is 0 Å². The van der Waals surface area contributed by atoms with E-state index >= 15 is 0 Å². The van der Waals surface area contributed by atoms with Crippen molar-refractivity contribution >= 4 is 17.6 Å². The van der Waals surface area contributed by atoms with Crippen LogP contribution in [0.15, 0.2) is 53.6 Å². The van der Waals surface area contributed by atoms with Crippen LogP contribution in [-0.2, 0) is 0 Å². The Kier molecular flexibility index (Phi) is 5.32. The molecule has 21 heavy (non-hydrogen) atoms. The molecule has 2 rings (SSSR count). The summed E-state index contributed by atoms with van der Waals surface area (Å²) in [4.78, 5) is 2.29. The molecular weight excluding hydrogens is 265 g/mol. The van der Waals surface area contributed by atoms with Gasteiger partial charge in [-0.05, 0) is 55.8 Å². The van der Waals surface area contributed by atoms with Crippen LogP contribution in [0.4, 0.5) is 15.8 Å². The van der Waals surface area contributed by atoms with Gasteiger partial charge in [-0.15, -0.1) is 0 Å². The van der Waals surface area contributed by atoms with E-state index in [4.69, 9.17) is 0 Å². The average Bonchev–Trinajstić information content (AvgIpc) is 2.52. The molecule has 2 aromatic carbocycles. The normalized spacial score (nSPS) is 10.8. The van der Waals surface area contributed by atoms with Gasteiger partial charge in [-0.2, -0.15) is 5.10 Å². The minimum Gasteiger partial charge on any atom is -0.372 e. The van der Waals surface area contributed by atoms with Crippen molar-refractivity contribution in [2.75, 3.05) is 23.4 Å². The van der Waals surface area contributed by atoms with Crippen molar-refractivity contribution < 1.29 is 4.39 Å². The van der Waals surface area contributed by atoms with Crippen molar-refractivity contribution in [3.05, 3.63) is 59.9 Å². The van der Waals surface area contributed by atoms with E-state index in [1.165, 1.54) is 17.8 Å². The Morgan fingerprint density at radius 3 is 2.19 bits per heavy atom. The second kappa shape index (κ2) is 7.43. The fourth-order valence-electron chi connectivity index (χ4n) is 2.07. The standard InChI is InChI=1S/C17H20FN3/c1-3-21(4-2)17-11-5-14(6-12-17)13-19-20-16-9-7-15(18)8-10-16/h5-13,20H,3-4H2,1-2H3/b19-13+. The molecule has 0 unspecified atom stereocenters. The maximum absolute atomic E-state index is 12.8. The van der Waals surface area contributed by atoms with Crippen LogP contribution in [0, 0.1) is 5.82 Å². The number of hydrogen-bond donors (Lipinski definition) is 1. The summed E-state index contributed by atoms with van der Waals surface area (Å²) < 4.78 is 12.8. The van der Waals surface area contributed by atoms with Gasteiger partial charge in [0.2, 0.25) is 0 Å². The molecule has 0 fully saturated rings. The van der Waals surface area contributed by atoms with E-state index in [9.17, 15) is 4.39 Å². The number of nitrogens with zero attached hydrogens (tertiary/aromatic N) is 2. The van der Waals surface area contributed by atoms with E-state index in [-0.39, 0.29) is 5.82 Å². The Hall–Kier alpha value is -2.36. The molecule has 0 aliphatic carbocycles. The summed E-state index contributed by atoms with van der Waals surface area (Å²) >= 11 is 0. The van der Waals surface area contributed by atoms with Crippen LogP contribution >= 0.6 is 0 Å². The first-order chi connectivity index (χ1) is 10.2. The molecule has 0 saturated heterocycles. The van der Waals surface area contributed by atoms with Gasteiger partial charge in [0.25, 0.3) is 0 Å². The maximum atomic E-state index is 12.8. The SMILES string of the molecule is CCN(CC)c1ccc(/C=N/Nc2ccc(F)cc2)cc1. The topological polar surface area (TPSA) is 27.6 Å². The molecule has 0 aromatic heterocycles. The van der Waals surface area contributed by atoms with Gasteiger partial charge in [0, 0.05) is 18.8 Å². The van der Waals surface area contributed by atoms with E-state index in [1.54, 1.807) is 18.3 Å². The lowest BCUT2D eigenvalue weighted by molar-refractivity contribution is 0.628. The first kappa shape index (κ1) is 15.0. The molecule has 110 valence electrons. The minimum atomic E-state index is -0.253. The Morgan fingerprint density at radius 1 is 1.00 bits per heavy atom. The van der Waals surface area contributed by atoms with Gasteiger partial charge >= 0.3 is 0 Å². The van der Waals surface area contributed by atoms with E-state index in [0.29, 0.717) is 0 Å². The predicted octanol–water partition coefficient (Wildman–Crippen LogP) is 4.12. The Morgan fingerprint density at radius 2 is 1.62 bits per heavy atom. The molecule has 0 radical (unpaired) electrons. The van der Waals surface area contributed by atoms with Gasteiger partial charge in [0.15, 0.2) is 0 Å². The molecule has 0 aliphatic rings. The fourth-order valence-corrected chi connectivity index (χ4v) is 2.07. The van der Waals surface area contributed by atoms with Crippen molar-refractivity contribution in [2.24, 2.45) is 5.10 Å². The number of rotatable bonds is 6. The summed E-state index contributed by atoms with van der Waals surface area (Å²) in [5.41, 5.74) is 5.86. The lowest BCUT2D eigenvalue weighted by Gasteiger charge is -2.20. The third kappa shape index (κ3) is 4.31. The zero-order chi connectivity index (χ0) is 15.1. The van der Waals surface area contributed by atoms with E-state index in [1.807, 2.05) is 12.1 Å². The van der Waals surface area contributed by atoms with E-state index in [0.717, 1.165) is 24.3 Å². The van der Waals surface area contributed by atoms with Crippen LogP contribution in [0.25, 0.3) is 0 Å². The first-order valence-electron chi connectivity index (χ1n) is 7.12. The average molecular weight is 285 g/mol. The van der Waals surface area contributed by atoms with Crippen LogP contribution in [-0.4, -0.2) is 19.3 Å². The van der Waals surface area contributed by atoms with Crippen molar-refractivity contribution in [3.63, 3.8) is 0 Å². The number of anilines is 2. The third-order valence-corrected chi connectivity index (χ3v) is 3.27. The number of benzene rings is 2. The van der Waals surface area contributed by atoms with Crippen LogP contribution in [0.1, 0.15) is 19.4 Å². The highest BCUT2D eigenvalue weighted by atomic mass is 19.1. The first-order valence-corrected chi connectivity index (χ1v) is 7.12. The molecule has 0 spiro atoms. The van der Waals surface area contributed by atoms with Crippen LogP contribution < -0.4 is 10.3 Å². The minimum absolute atomic E-state index is 0.253. The Bertz CT molecular complexity index is 572. The molecule has 0 atom stereocenters.